The Morgan fingerprint density at radius 3 is 2.41 bits per heavy atom. The molecular weight excluding hydrogens is 424 g/mol. The van der Waals surface area contributed by atoms with E-state index in [0.29, 0.717) is 11.3 Å². The number of carbonyl (C=O) groups is 1. The molecule has 7 N–H and O–H groups in total. The van der Waals surface area contributed by atoms with Crippen molar-refractivity contribution in [1.82, 2.24) is 10.9 Å². The monoisotopic (exact) mass is 450 g/mol. The highest BCUT2D eigenvalue weighted by Crippen LogP contribution is 2.40. The van der Waals surface area contributed by atoms with E-state index in [1.165, 1.54) is 0 Å². The number of amides is 1. The van der Waals surface area contributed by atoms with E-state index in [4.69, 9.17) is 23.7 Å². The highest BCUT2D eigenvalue weighted by atomic mass is 32.1. The second-order valence-corrected chi connectivity index (χ2v) is 8.14. The van der Waals surface area contributed by atoms with Gasteiger partial charge in [0.15, 0.2) is 5.11 Å². The van der Waals surface area contributed by atoms with Crippen LogP contribution in [0.4, 0.5) is 11.4 Å². The zero-order chi connectivity index (χ0) is 22.6. The number of hydrazine groups is 1. The van der Waals surface area contributed by atoms with E-state index in [-0.39, 0.29) is 22.9 Å². The first-order valence-electron chi connectivity index (χ1n) is 10.5. The zero-order valence-electron chi connectivity index (χ0n) is 17.5. The van der Waals surface area contributed by atoms with E-state index >= 15 is 0 Å². The number of guanidine groups is 2. The van der Waals surface area contributed by atoms with Gasteiger partial charge in [-0.15, -0.1) is 0 Å². The summed E-state index contributed by atoms with van der Waals surface area (Å²) in [6.07, 6.45) is 4.68. The van der Waals surface area contributed by atoms with E-state index in [1.54, 1.807) is 12.1 Å². The Hall–Kier alpha value is -3.66. The SMILES string of the molecule is NC1=NC2(CCCCC2)N(c2ccccc2C(=O)NNC(=S)Nc2ccccc2)C(N)=N1. The number of hydrogen-bond donors (Lipinski definition) is 5. The number of benzene rings is 2. The Kier molecular flexibility index (Phi) is 6.22. The molecule has 1 spiro atoms. The first-order chi connectivity index (χ1) is 15.5. The summed E-state index contributed by atoms with van der Waals surface area (Å²) in [5.41, 5.74) is 18.9. The number of rotatable bonds is 3. The van der Waals surface area contributed by atoms with Crippen molar-refractivity contribution in [3.05, 3.63) is 60.2 Å². The number of hydrogen-bond acceptors (Lipinski definition) is 7. The number of thiocarbonyl (C=S) groups is 1. The van der Waals surface area contributed by atoms with Gasteiger partial charge in [-0.2, -0.15) is 4.99 Å². The summed E-state index contributed by atoms with van der Waals surface area (Å²) in [6, 6.07) is 16.7. The van der Waals surface area contributed by atoms with Crippen molar-refractivity contribution in [2.45, 2.75) is 37.8 Å². The molecule has 32 heavy (non-hydrogen) atoms. The second kappa shape index (κ2) is 9.23. The van der Waals surface area contributed by atoms with E-state index < -0.39 is 5.66 Å². The Labute approximate surface area is 191 Å². The van der Waals surface area contributed by atoms with Crippen LogP contribution >= 0.6 is 12.2 Å². The third kappa shape index (κ3) is 4.50. The normalized spacial score (nSPS) is 17.2. The number of anilines is 2. The molecule has 0 bridgehead atoms. The molecule has 166 valence electrons. The van der Waals surface area contributed by atoms with Gasteiger partial charge >= 0.3 is 0 Å². The molecule has 1 amide bonds. The molecule has 10 heteroatoms. The first-order valence-corrected chi connectivity index (χ1v) is 10.9. The lowest BCUT2D eigenvalue weighted by molar-refractivity contribution is 0.0944. The number of nitrogens with one attached hydrogen (secondary N) is 3. The van der Waals surface area contributed by atoms with Gasteiger partial charge < -0.3 is 16.8 Å². The predicted octanol–water partition coefficient (Wildman–Crippen LogP) is 2.43. The molecule has 0 saturated heterocycles. The van der Waals surface area contributed by atoms with Crippen LogP contribution in [0.1, 0.15) is 42.5 Å². The maximum Gasteiger partial charge on any atom is 0.271 e. The van der Waals surface area contributed by atoms with Gasteiger partial charge in [0.25, 0.3) is 5.91 Å². The zero-order valence-corrected chi connectivity index (χ0v) is 18.4. The average molecular weight is 451 g/mol. The summed E-state index contributed by atoms with van der Waals surface area (Å²) < 4.78 is 0. The summed E-state index contributed by atoms with van der Waals surface area (Å²) in [5.74, 6) is 0.0366. The predicted molar refractivity (Wildman–Crippen MR) is 131 cm³/mol. The average Bonchev–Trinajstić information content (AvgIpc) is 2.78. The highest BCUT2D eigenvalue weighted by Gasteiger charge is 2.43. The molecule has 2 aromatic rings. The van der Waals surface area contributed by atoms with Crippen molar-refractivity contribution < 1.29 is 4.79 Å². The molecule has 0 aromatic heterocycles. The molecule has 1 aliphatic carbocycles. The first kappa shape index (κ1) is 21.6. The number of para-hydroxylation sites is 2. The van der Waals surface area contributed by atoms with Gasteiger partial charge in [0.05, 0.1) is 11.3 Å². The van der Waals surface area contributed by atoms with E-state index in [0.717, 1.165) is 37.8 Å². The molecule has 1 saturated carbocycles. The molecular formula is C22H26N8OS. The summed E-state index contributed by atoms with van der Waals surface area (Å²) in [7, 11) is 0. The molecule has 1 aliphatic heterocycles. The molecule has 0 unspecified atom stereocenters. The van der Waals surface area contributed by atoms with Crippen molar-refractivity contribution in [1.29, 1.82) is 0 Å². The molecule has 0 radical (unpaired) electrons. The van der Waals surface area contributed by atoms with Crippen molar-refractivity contribution >= 4 is 46.5 Å². The van der Waals surface area contributed by atoms with Gasteiger partial charge in [0.1, 0.15) is 5.66 Å². The molecule has 0 atom stereocenters. The lowest BCUT2D eigenvalue weighted by Gasteiger charge is -2.46. The maximum atomic E-state index is 13.1. The highest BCUT2D eigenvalue weighted by molar-refractivity contribution is 7.80. The van der Waals surface area contributed by atoms with Crippen LogP contribution in [-0.2, 0) is 0 Å². The Morgan fingerprint density at radius 1 is 0.969 bits per heavy atom. The van der Waals surface area contributed by atoms with Crippen LogP contribution in [0, 0.1) is 0 Å². The summed E-state index contributed by atoms with van der Waals surface area (Å²) in [4.78, 5) is 23.8. The number of aliphatic imine (C=N–C) groups is 2. The topological polar surface area (TPSA) is 133 Å². The summed E-state index contributed by atoms with van der Waals surface area (Å²) in [5, 5.41) is 3.28. The van der Waals surface area contributed by atoms with E-state index in [9.17, 15) is 4.79 Å². The number of nitrogens with zero attached hydrogens (tertiary/aromatic N) is 3. The van der Waals surface area contributed by atoms with Gasteiger partial charge in [-0.05, 0) is 62.2 Å². The molecule has 1 heterocycles. The van der Waals surface area contributed by atoms with Crippen LogP contribution in [0.5, 0.6) is 0 Å². The molecule has 9 nitrogen and oxygen atoms in total. The third-order valence-corrected chi connectivity index (χ3v) is 5.77. The smallest absolute Gasteiger partial charge is 0.271 e. The van der Waals surface area contributed by atoms with Gasteiger partial charge in [-0.25, -0.2) is 4.99 Å². The summed E-state index contributed by atoms with van der Waals surface area (Å²) in [6.45, 7) is 0. The minimum absolute atomic E-state index is 0.168. The van der Waals surface area contributed by atoms with Crippen molar-refractivity contribution in [3.63, 3.8) is 0 Å². The minimum atomic E-state index is -0.637. The lowest BCUT2D eigenvalue weighted by atomic mass is 9.87. The van der Waals surface area contributed by atoms with Crippen molar-refractivity contribution in [2.75, 3.05) is 10.2 Å². The van der Waals surface area contributed by atoms with E-state index in [2.05, 4.69) is 26.2 Å². The van der Waals surface area contributed by atoms with Crippen LogP contribution in [0.3, 0.4) is 0 Å². The Bertz CT molecular complexity index is 1060. The molecule has 4 rings (SSSR count). The maximum absolute atomic E-state index is 13.1. The fourth-order valence-corrected chi connectivity index (χ4v) is 4.36. The lowest BCUT2D eigenvalue weighted by Crippen LogP contribution is -2.58. The van der Waals surface area contributed by atoms with Crippen molar-refractivity contribution in [3.8, 4) is 0 Å². The van der Waals surface area contributed by atoms with Gasteiger partial charge in [0.2, 0.25) is 11.9 Å². The van der Waals surface area contributed by atoms with Gasteiger partial charge in [-0.3, -0.25) is 20.5 Å². The van der Waals surface area contributed by atoms with Crippen LogP contribution < -0.4 is 32.5 Å². The Balaban J connectivity index is 1.55. The largest absolute Gasteiger partial charge is 0.369 e. The summed E-state index contributed by atoms with van der Waals surface area (Å²) >= 11 is 5.27. The van der Waals surface area contributed by atoms with E-state index in [1.807, 2.05) is 47.4 Å². The van der Waals surface area contributed by atoms with Gasteiger partial charge in [0, 0.05) is 5.69 Å². The van der Waals surface area contributed by atoms with Crippen LogP contribution in [-0.4, -0.2) is 28.6 Å². The van der Waals surface area contributed by atoms with Crippen LogP contribution in [0.25, 0.3) is 0 Å². The molecule has 1 fully saturated rings. The van der Waals surface area contributed by atoms with Crippen LogP contribution in [0.15, 0.2) is 64.6 Å². The second-order valence-electron chi connectivity index (χ2n) is 7.73. The third-order valence-electron chi connectivity index (χ3n) is 5.56. The molecule has 2 aromatic carbocycles. The Morgan fingerprint density at radius 2 is 1.66 bits per heavy atom. The standard InChI is InChI=1S/C22H26N8OS/c23-19-26-20(24)30(22(27-19)13-7-2-8-14-22)17-12-6-5-11-16(17)18(31)28-29-21(32)25-15-9-3-1-4-10-15/h1,3-6,9-12H,2,7-8,13-14H2,(H,28,31)(H2,25,29,32)(H4,23,24,26,27). The van der Waals surface area contributed by atoms with Crippen molar-refractivity contribution in [2.24, 2.45) is 21.5 Å². The minimum Gasteiger partial charge on any atom is -0.369 e. The van der Waals surface area contributed by atoms with Gasteiger partial charge in [-0.1, -0.05) is 36.8 Å². The number of carbonyl (C=O) groups excluding carboxylic acids is 1. The fourth-order valence-electron chi connectivity index (χ4n) is 4.20. The van der Waals surface area contributed by atoms with Crippen LogP contribution in [0.2, 0.25) is 0 Å². The quantitative estimate of drug-likeness (QED) is 0.358. The fraction of sp³-hybridized carbons (Fsp3) is 0.273. The number of nitrogens with two attached hydrogens (primary N) is 2. The molecule has 2 aliphatic rings.